The molecule has 0 atom stereocenters. The fourth-order valence-electron chi connectivity index (χ4n) is 0.614. The van der Waals surface area contributed by atoms with E-state index >= 15 is 0 Å². The zero-order valence-electron chi connectivity index (χ0n) is 9.72. The predicted molar refractivity (Wildman–Crippen MR) is 58.7 cm³/mol. The van der Waals surface area contributed by atoms with E-state index in [2.05, 4.69) is 35.8 Å². The smallest absolute Gasteiger partial charge is 0.438 e. The van der Waals surface area contributed by atoms with Gasteiger partial charge in [0, 0.05) is 0 Å². The van der Waals surface area contributed by atoms with Crippen LogP contribution in [0.3, 0.4) is 0 Å². The second kappa shape index (κ2) is 4.51. The van der Waals surface area contributed by atoms with Crippen LogP contribution < -0.4 is 0 Å². The van der Waals surface area contributed by atoms with Gasteiger partial charge in [0.2, 0.25) is 0 Å². The maximum absolute atomic E-state index is 10.9. The van der Waals surface area contributed by atoms with E-state index < -0.39 is 19.8 Å². The van der Waals surface area contributed by atoms with Crippen LogP contribution in [0.1, 0.15) is 13.8 Å². The second-order valence-corrected chi connectivity index (χ2v) is 9.32. The topological polar surface area (TPSA) is 35.5 Å². The molecule has 0 aliphatic carbocycles. The van der Waals surface area contributed by atoms with Crippen molar-refractivity contribution >= 4 is 14.2 Å². The molecule has 0 aromatic carbocycles. The van der Waals surface area contributed by atoms with Gasteiger partial charge in [-0.2, -0.15) is 0 Å². The van der Waals surface area contributed by atoms with Crippen LogP contribution in [0.4, 0.5) is 4.79 Å². The monoisotopic (exact) mass is 214 g/mol. The minimum absolute atomic E-state index is 0.695. The minimum Gasteiger partial charge on any atom is -0.438 e. The largest absolute Gasteiger partial charge is 0.509 e. The molecule has 14 heavy (non-hydrogen) atoms. The van der Waals surface area contributed by atoms with Gasteiger partial charge in [-0.15, -0.1) is 5.54 Å². The summed E-state index contributed by atoms with van der Waals surface area (Å²) >= 11 is 0. The van der Waals surface area contributed by atoms with Crippen LogP contribution in [-0.4, -0.2) is 26.9 Å². The first-order valence-electron chi connectivity index (χ1n) is 4.47. The van der Waals surface area contributed by atoms with E-state index in [1.54, 1.807) is 13.8 Å². The van der Waals surface area contributed by atoms with E-state index in [4.69, 9.17) is 4.74 Å². The van der Waals surface area contributed by atoms with Gasteiger partial charge >= 0.3 is 6.16 Å². The summed E-state index contributed by atoms with van der Waals surface area (Å²) in [7, 11) is -0.139. The summed E-state index contributed by atoms with van der Waals surface area (Å²) in [5.74, 6) is 2.95. The van der Waals surface area contributed by atoms with Gasteiger partial charge in [0.15, 0.2) is 5.60 Å². The third kappa shape index (κ3) is 6.55. The van der Waals surface area contributed by atoms with Crippen molar-refractivity contribution in [3.05, 3.63) is 0 Å². The molecule has 0 amide bonds. The molecule has 0 bridgehead atoms. The van der Waals surface area contributed by atoms with Crippen LogP contribution >= 0.6 is 0 Å². The van der Waals surface area contributed by atoms with Gasteiger partial charge in [-0.3, -0.25) is 0 Å². The highest BCUT2D eigenvalue weighted by molar-refractivity contribution is 6.83. The minimum atomic E-state index is -1.42. The van der Waals surface area contributed by atoms with Crippen molar-refractivity contribution in [1.82, 2.24) is 0 Å². The molecule has 0 saturated carbocycles. The number of methoxy groups -OCH3 is 1. The molecular formula is C10H18O3Si. The Kier molecular flexibility index (Phi) is 4.21. The Balaban J connectivity index is 4.46. The molecular weight excluding hydrogens is 196 g/mol. The zero-order valence-corrected chi connectivity index (χ0v) is 10.7. The van der Waals surface area contributed by atoms with E-state index in [1.807, 2.05) is 0 Å². The number of ether oxygens (including phenoxy) is 2. The van der Waals surface area contributed by atoms with Crippen molar-refractivity contribution in [2.24, 2.45) is 0 Å². The van der Waals surface area contributed by atoms with Crippen LogP contribution in [0.2, 0.25) is 19.6 Å². The SMILES string of the molecule is COC(=O)OC(C)(C)C#C[Si](C)(C)C. The third-order valence-corrected chi connectivity index (χ3v) is 2.12. The zero-order chi connectivity index (χ0) is 11.4. The van der Waals surface area contributed by atoms with Crippen molar-refractivity contribution in [2.75, 3.05) is 7.11 Å². The van der Waals surface area contributed by atoms with E-state index in [0.717, 1.165) is 0 Å². The highest BCUT2D eigenvalue weighted by Crippen LogP contribution is 2.09. The van der Waals surface area contributed by atoms with Crippen LogP contribution in [0.15, 0.2) is 0 Å². The molecule has 0 aromatic rings. The number of hydrogen-bond donors (Lipinski definition) is 0. The van der Waals surface area contributed by atoms with Crippen molar-refractivity contribution in [1.29, 1.82) is 0 Å². The Hall–Kier alpha value is -0.953. The lowest BCUT2D eigenvalue weighted by Gasteiger charge is -2.18. The van der Waals surface area contributed by atoms with Gasteiger partial charge in [0.05, 0.1) is 7.11 Å². The predicted octanol–water partition coefficient (Wildman–Crippen LogP) is 2.43. The standard InChI is InChI=1S/C10H18O3Si/c1-10(2,13-9(11)12-3)7-8-14(4,5)6/h1-6H3. The van der Waals surface area contributed by atoms with Gasteiger partial charge < -0.3 is 9.47 Å². The molecule has 0 radical (unpaired) electrons. The maximum atomic E-state index is 10.9. The van der Waals surface area contributed by atoms with E-state index in [-0.39, 0.29) is 0 Å². The van der Waals surface area contributed by atoms with Gasteiger partial charge in [0.25, 0.3) is 0 Å². The summed E-state index contributed by atoms with van der Waals surface area (Å²) in [6, 6.07) is 0. The lowest BCUT2D eigenvalue weighted by molar-refractivity contribution is 0.0221. The lowest BCUT2D eigenvalue weighted by Crippen LogP contribution is -2.28. The Labute approximate surface area is 86.8 Å². The maximum Gasteiger partial charge on any atom is 0.509 e. The molecule has 4 heteroatoms. The molecule has 0 N–H and O–H groups in total. The van der Waals surface area contributed by atoms with Crippen molar-refractivity contribution in [2.45, 2.75) is 39.1 Å². The van der Waals surface area contributed by atoms with E-state index in [1.165, 1.54) is 7.11 Å². The normalized spacial score (nSPS) is 11.3. The average molecular weight is 214 g/mol. The molecule has 3 nitrogen and oxygen atoms in total. The molecule has 0 heterocycles. The first-order valence-corrected chi connectivity index (χ1v) is 7.97. The number of carbonyl (C=O) groups is 1. The summed E-state index contributed by atoms with van der Waals surface area (Å²) < 4.78 is 9.37. The fraction of sp³-hybridized carbons (Fsp3) is 0.700. The highest BCUT2D eigenvalue weighted by Gasteiger charge is 2.21. The third-order valence-electron chi connectivity index (χ3n) is 1.24. The van der Waals surface area contributed by atoms with Crippen molar-refractivity contribution in [3.63, 3.8) is 0 Å². The number of hydrogen-bond acceptors (Lipinski definition) is 3. The molecule has 0 aliphatic rings. The Morgan fingerprint density at radius 2 is 1.79 bits per heavy atom. The van der Waals surface area contributed by atoms with Crippen LogP contribution in [0.25, 0.3) is 0 Å². The van der Waals surface area contributed by atoms with E-state index in [9.17, 15) is 4.79 Å². The number of rotatable bonds is 1. The fourth-order valence-corrected chi connectivity index (χ4v) is 1.29. The van der Waals surface area contributed by atoms with Gasteiger partial charge in [-0.25, -0.2) is 4.79 Å². The van der Waals surface area contributed by atoms with Gasteiger partial charge in [0.1, 0.15) is 8.07 Å². The van der Waals surface area contributed by atoms with Crippen LogP contribution in [0, 0.1) is 11.5 Å². The molecule has 0 unspecified atom stereocenters. The molecule has 0 fully saturated rings. The average Bonchev–Trinajstić information content (AvgIpc) is 1.99. The van der Waals surface area contributed by atoms with Gasteiger partial charge in [-0.05, 0) is 13.8 Å². The number of carbonyl (C=O) groups excluding carboxylic acids is 1. The summed E-state index contributed by atoms with van der Waals surface area (Å²) in [6.45, 7) is 9.89. The second-order valence-electron chi connectivity index (χ2n) is 4.57. The molecule has 0 aromatic heterocycles. The highest BCUT2D eigenvalue weighted by atomic mass is 28.3. The molecule has 0 spiro atoms. The van der Waals surface area contributed by atoms with Crippen LogP contribution in [-0.2, 0) is 9.47 Å². The van der Waals surface area contributed by atoms with Crippen molar-refractivity contribution < 1.29 is 14.3 Å². The summed E-state index contributed by atoms with van der Waals surface area (Å²) in [6.07, 6.45) is -0.695. The first-order chi connectivity index (χ1) is 6.16. The Morgan fingerprint density at radius 1 is 1.29 bits per heavy atom. The van der Waals surface area contributed by atoms with Crippen LogP contribution in [0.5, 0.6) is 0 Å². The first kappa shape index (κ1) is 13.0. The molecule has 0 rings (SSSR count). The summed E-state index contributed by atoms with van der Waals surface area (Å²) in [5.41, 5.74) is 2.38. The summed E-state index contributed by atoms with van der Waals surface area (Å²) in [5, 5.41) is 0. The Bertz CT molecular complexity index is 265. The van der Waals surface area contributed by atoms with Gasteiger partial charge in [-0.1, -0.05) is 25.6 Å². The summed E-state index contributed by atoms with van der Waals surface area (Å²) in [4.78, 5) is 10.9. The molecule has 0 saturated heterocycles. The Morgan fingerprint density at radius 3 is 2.14 bits per heavy atom. The quantitative estimate of drug-likeness (QED) is 0.382. The van der Waals surface area contributed by atoms with E-state index in [0.29, 0.717) is 0 Å². The lowest BCUT2D eigenvalue weighted by atomic mass is 10.2. The molecule has 0 aliphatic heterocycles. The molecule has 80 valence electrons. The van der Waals surface area contributed by atoms with Crippen molar-refractivity contribution in [3.8, 4) is 11.5 Å².